The zero-order valence-electron chi connectivity index (χ0n) is 8.03. The summed E-state index contributed by atoms with van der Waals surface area (Å²) in [5.41, 5.74) is -0.193. The molecule has 2 N–H and O–H groups in total. The summed E-state index contributed by atoms with van der Waals surface area (Å²) in [5, 5.41) is 16.0. The van der Waals surface area contributed by atoms with Gasteiger partial charge in [0, 0.05) is 19.3 Å². The van der Waals surface area contributed by atoms with Crippen LogP contribution in [0.1, 0.15) is 23.7 Å². The van der Waals surface area contributed by atoms with E-state index in [9.17, 15) is 9.90 Å². The third kappa shape index (κ3) is 1.63. The molecule has 1 atom stereocenters. The second-order valence-electron chi connectivity index (χ2n) is 3.96. The van der Waals surface area contributed by atoms with Crippen molar-refractivity contribution in [2.45, 2.75) is 18.9 Å². The molecule has 0 aliphatic carbocycles. The standard InChI is InChI=1S/C9H13N3O2/c1-9(14)2-3-12(6-9)8(13)7-4-10-11-5-7/h4-5,14H,2-3,6H2,1H3,(H,10,11). The highest BCUT2D eigenvalue weighted by Crippen LogP contribution is 2.21. The maximum absolute atomic E-state index is 11.8. The Labute approximate surface area is 81.7 Å². The Balaban J connectivity index is 2.08. The van der Waals surface area contributed by atoms with Crippen LogP contribution in [0.25, 0.3) is 0 Å². The van der Waals surface area contributed by atoms with Gasteiger partial charge in [0.25, 0.3) is 5.91 Å². The van der Waals surface area contributed by atoms with E-state index >= 15 is 0 Å². The van der Waals surface area contributed by atoms with Crippen LogP contribution in [0.15, 0.2) is 12.4 Å². The number of H-pyrrole nitrogens is 1. The minimum atomic E-state index is -0.737. The van der Waals surface area contributed by atoms with Crippen LogP contribution in [-0.4, -0.2) is 44.8 Å². The molecule has 1 aromatic heterocycles. The molecule has 0 aromatic carbocycles. The fourth-order valence-corrected chi connectivity index (χ4v) is 1.67. The molecular formula is C9H13N3O2. The van der Waals surface area contributed by atoms with E-state index in [1.807, 2.05) is 0 Å². The SMILES string of the molecule is CC1(O)CCN(C(=O)c2cn[nH]c2)C1. The quantitative estimate of drug-likeness (QED) is 0.663. The molecule has 2 rings (SSSR count). The summed E-state index contributed by atoms with van der Waals surface area (Å²) < 4.78 is 0. The van der Waals surface area contributed by atoms with E-state index in [0.29, 0.717) is 25.1 Å². The third-order valence-corrected chi connectivity index (χ3v) is 2.48. The molecule has 5 nitrogen and oxygen atoms in total. The largest absolute Gasteiger partial charge is 0.388 e. The Morgan fingerprint density at radius 2 is 2.57 bits per heavy atom. The average molecular weight is 195 g/mol. The maximum Gasteiger partial charge on any atom is 0.257 e. The van der Waals surface area contributed by atoms with E-state index in [0.717, 1.165) is 0 Å². The van der Waals surface area contributed by atoms with Gasteiger partial charge in [-0.1, -0.05) is 0 Å². The van der Waals surface area contributed by atoms with E-state index in [-0.39, 0.29) is 5.91 Å². The lowest BCUT2D eigenvalue weighted by Gasteiger charge is -2.18. The van der Waals surface area contributed by atoms with Crippen LogP contribution in [0.3, 0.4) is 0 Å². The molecule has 1 aliphatic rings. The van der Waals surface area contributed by atoms with Crippen molar-refractivity contribution < 1.29 is 9.90 Å². The lowest BCUT2D eigenvalue weighted by Crippen LogP contribution is -2.33. The number of aliphatic hydroxyl groups is 1. The van der Waals surface area contributed by atoms with Crippen LogP contribution in [0, 0.1) is 0 Å². The zero-order chi connectivity index (χ0) is 10.2. The van der Waals surface area contributed by atoms with Gasteiger partial charge in [-0.25, -0.2) is 0 Å². The monoisotopic (exact) mass is 195 g/mol. The fraction of sp³-hybridized carbons (Fsp3) is 0.556. The summed E-state index contributed by atoms with van der Waals surface area (Å²) in [5.74, 6) is -0.0727. The second-order valence-corrected chi connectivity index (χ2v) is 3.96. The maximum atomic E-state index is 11.8. The van der Waals surface area contributed by atoms with Gasteiger partial charge in [0.2, 0.25) is 0 Å². The number of β-amino-alcohol motifs (C(OH)–C–C–N with tert-alkyl or cyclic N) is 1. The summed E-state index contributed by atoms with van der Waals surface area (Å²) in [4.78, 5) is 13.4. The number of hydrogen-bond acceptors (Lipinski definition) is 3. The van der Waals surface area contributed by atoms with Crippen molar-refractivity contribution in [3.8, 4) is 0 Å². The Morgan fingerprint density at radius 1 is 1.79 bits per heavy atom. The summed E-state index contributed by atoms with van der Waals surface area (Å²) in [6, 6.07) is 0. The highest BCUT2D eigenvalue weighted by Gasteiger charge is 2.34. The lowest BCUT2D eigenvalue weighted by atomic mass is 10.1. The number of amides is 1. The van der Waals surface area contributed by atoms with Crippen LogP contribution in [0.4, 0.5) is 0 Å². The van der Waals surface area contributed by atoms with Gasteiger partial charge in [-0.05, 0) is 13.3 Å². The topological polar surface area (TPSA) is 69.2 Å². The first-order chi connectivity index (χ1) is 6.58. The Hall–Kier alpha value is -1.36. The zero-order valence-corrected chi connectivity index (χ0v) is 8.03. The summed E-state index contributed by atoms with van der Waals surface area (Å²) in [6.45, 7) is 2.75. The van der Waals surface area contributed by atoms with E-state index in [4.69, 9.17) is 0 Å². The number of rotatable bonds is 1. The molecule has 1 unspecified atom stereocenters. The molecule has 0 bridgehead atoms. The Kier molecular flexibility index (Phi) is 2.03. The molecule has 1 fully saturated rings. The number of nitrogens with zero attached hydrogens (tertiary/aromatic N) is 2. The van der Waals surface area contributed by atoms with Crippen LogP contribution < -0.4 is 0 Å². The number of carbonyl (C=O) groups excluding carboxylic acids is 1. The summed E-state index contributed by atoms with van der Waals surface area (Å²) >= 11 is 0. The first kappa shape index (κ1) is 9.21. The van der Waals surface area contributed by atoms with Crippen molar-refractivity contribution in [1.82, 2.24) is 15.1 Å². The van der Waals surface area contributed by atoms with Gasteiger partial charge in [-0.15, -0.1) is 0 Å². The number of aromatic nitrogens is 2. The van der Waals surface area contributed by atoms with Gasteiger partial charge in [0.1, 0.15) is 0 Å². The van der Waals surface area contributed by atoms with Crippen molar-refractivity contribution in [2.75, 3.05) is 13.1 Å². The van der Waals surface area contributed by atoms with Gasteiger partial charge >= 0.3 is 0 Å². The number of aromatic amines is 1. The average Bonchev–Trinajstić information content (AvgIpc) is 2.72. The molecule has 1 aromatic rings. The van der Waals surface area contributed by atoms with E-state index in [1.54, 1.807) is 18.0 Å². The van der Waals surface area contributed by atoms with Crippen molar-refractivity contribution >= 4 is 5.91 Å². The molecule has 0 spiro atoms. The van der Waals surface area contributed by atoms with Crippen molar-refractivity contribution in [2.24, 2.45) is 0 Å². The molecule has 1 amide bonds. The van der Waals surface area contributed by atoms with Gasteiger partial charge in [0.15, 0.2) is 0 Å². The van der Waals surface area contributed by atoms with Gasteiger partial charge in [-0.3, -0.25) is 9.89 Å². The van der Waals surface area contributed by atoms with Gasteiger partial charge in [-0.2, -0.15) is 5.10 Å². The number of carbonyl (C=O) groups is 1. The highest BCUT2D eigenvalue weighted by molar-refractivity contribution is 5.93. The molecule has 0 saturated carbocycles. The number of hydrogen-bond donors (Lipinski definition) is 2. The first-order valence-corrected chi connectivity index (χ1v) is 4.59. The highest BCUT2D eigenvalue weighted by atomic mass is 16.3. The molecule has 0 radical (unpaired) electrons. The Bertz CT molecular complexity index is 332. The third-order valence-electron chi connectivity index (χ3n) is 2.48. The summed E-state index contributed by atoms with van der Waals surface area (Å²) in [6.07, 6.45) is 3.70. The van der Waals surface area contributed by atoms with Crippen molar-refractivity contribution in [1.29, 1.82) is 0 Å². The molecule has 14 heavy (non-hydrogen) atoms. The van der Waals surface area contributed by atoms with Gasteiger partial charge in [0.05, 0.1) is 17.4 Å². The molecular weight excluding hydrogens is 182 g/mol. The second kappa shape index (κ2) is 3.09. The molecule has 2 heterocycles. The van der Waals surface area contributed by atoms with Crippen molar-refractivity contribution in [3.05, 3.63) is 18.0 Å². The first-order valence-electron chi connectivity index (χ1n) is 4.59. The normalized spacial score (nSPS) is 26.9. The van der Waals surface area contributed by atoms with E-state index in [2.05, 4.69) is 10.2 Å². The van der Waals surface area contributed by atoms with Crippen LogP contribution in [0.2, 0.25) is 0 Å². The summed E-state index contributed by atoms with van der Waals surface area (Å²) in [7, 11) is 0. The van der Waals surface area contributed by atoms with Gasteiger partial charge < -0.3 is 10.0 Å². The smallest absolute Gasteiger partial charge is 0.257 e. The fourth-order valence-electron chi connectivity index (χ4n) is 1.67. The van der Waals surface area contributed by atoms with Crippen LogP contribution in [0.5, 0.6) is 0 Å². The predicted octanol–water partition coefficient (Wildman–Crippen LogP) is 0.00660. The molecule has 1 saturated heterocycles. The lowest BCUT2D eigenvalue weighted by molar-refractivity contribution is 0.0572. The molecule has 76 valence electrons. The Morgan fingerprint density at radius 3 is 3.07 bits per heavy atom. The van der Waals surface area contributed by atoms with E-state index < -0.39 is 5.60 Å². The van der Waals surface area contributed by atoms with Crippen molar-refractivity contribution in [3.63, 3.8) is 0 Å². The molecule has 5 heteroatoms. The van der Waals surface area contributed by atoms with Crippen LogP contribution in [-0.2, 0) is 0 Å². The number of nitrogens with one attached hydrogen (secondary N) is 1. The minimum Gasteiger partial charge on any atom is -0.388 e. The minimum absolute atomic E-state index is 0.0727. The van der Waals surface area contributed by atoms with E-state index in [1.165, 1.54) is 6.20 Å². The van der Waals surface area contributed by atoms with Crippen LogP contribution >= 0.6 is 0 Å². The predicted molar refractivity (Wildman–Crippen MR) is 49.7 cm³/mol. The number of likely N-dealkylation sites (tertiary alicyclic amines) is 1. The molecule has 1 aliphatic heterocycles.